The first kappa shape index (κ1) is 15.4. The zero-order chi connectivity index (χ0) is 13.6. The van der Waals surface area contributed by atoms with Crippen molar-refractivity contribution in [3.8, 4) is 0 Å². The Balaban J connectivity index is 2.47. The fraction of sp³-hybridized carbons (Fsp3) is 0.929. The molecule has 0 spiro atoms. The van der Waals surface area contributed by atoms with Gasteiger partial charge in [-0.2, -0.15) is 0 Å². The quantitative estimate of drug-likeness (QED) is 0.674. The van der Waals surface area contributed by atoms with Crippen LogP contribution in [-0.2, 0) is 4.79 Å². The van der Waals surface area contributed by atoms with Gasteiger partial charge in [0.2, 0.25) is 5.91 Å². The Morgan fingerprint density at radius 2 is 1.89 bits per heavy atom. The third-order valence-corrected chi connectivity index (χ3v) is 4.37. The van der Waals surface area contributed by atoms with E-state index >= 15 is 0 Å². The second kappa shape index (κ2) is 7.10. The third kappa shape index (κ3) is 4.25. The van der Waals surface area contributed by atoms with Crippen LogP contribution >= 0.6 is 0 Å². The highest BCUT2D eigenvalue weighted by molar-refractivity contribution is 5.77. The van der Waals surface area contributed by atoms with Crippen LogP contribution in [0.15, 0.2) is 0 Å². The molecule has 0 aromatic carbocycles. The molecule has 0 bridgehead atoms. The van der Waals surface area contributed by atoms with Gasteiger partial charge in [-0.15, -0.1) is 0 Å². The molecule has 106 valence electrons. The van der Waals surface area contributed by atoms with Gasteiger partial charge in [0.1, 0.15) is 0 Å². The lowest BCUT2D eigenvalue weighted by Gasteiger charge is -2.37. The van der Waals surface area contributed by atoms with Crippen molar-refractivity contribution in [2.75, 3.05) is 13.7 Å². The maximum atomic E-state index is 12.1. The summed E-state index contributed by atoms with van der Waals surface area (Å²) in [5.74, 6) is 0.199. The smallest absolute Gasteiger partial charge is 0.222 e. The van der Waals surface area contributed by atoms with Gasteiger partial charge in [-0.1, -0.05) is 26.2 Å². The lowest BCUT2D eigenvalue weighted by Crippen LogP contribution is -2.50. The van der Waals surface area contributed by atoms with Crippen LogP contribution in [0.3, 0.4) is 0 Å². The first-order valence-corrected chi connectivity index (χ1v) is 7.12. The van der Waals surface area contributed by atoms with Crippen molar-refractivity contribution in [1.29, 1.82) is 0 Å². The van der Waals surface area contributed by atoms with E-state index < -0.39 is 0 Å². The van der Waals surface area contributed by atoms with Crippen LogP contribution in [0.5, 0.6) is 0 Å². The Morgan fingerprint density at radius 3 is 2.39 bits per heavy atom. The Morgan fingerprint density at radius 1 is 1.28 bits per heavy atom. The SMILES string of the molecule is CNC1(CC(=O)NC(C)C(C)CO)CCCCC1. The summed E-state index contributed by atoms with van der Waals surface area (Å²) in [7, 11) is 1.96. The van der Waals surface area contributed by atoms with Crippen LogP contribution in [0.2, 0.25) is 0 Å². The molecule has 2 atom stereocenters. The van der Waals surface area contributed by atoms with E-state index in [4.69, 9.17) is 5.11 Å². The lowest BCUT2D eigenvalue weighted by atomic mass is 9.79. The van der Waals surface area contributed by atoms with Gasteiger partial charge in [0.25, 0.3) is 0 Å². The van der Waals surface area contributed by atoms with Crippen LogP contribution in [0.1, 0.15) is 52.4 Å². The number of aliphatic hydroxyl groups is 1. The van der Waals surface area contributed by atoms with Crippen molar-refractivity contribution in [2.45, 2.75) is 64.0 Å². The Labute approximate surface area is 111 Å². The summed E-state index contributed by atoms with van der Waals surface area (Å²) in [6, 6.07) is 0.0278. The van der Waals surface area contributed by atoms with Gasteiger partial charge in [0.05, 0.1) is 0 Å². The third-order valence-electron chi connectivity index (χ3n) is 4.37. The van der Waals surface area contributed by atoms with E-state index in [2.05, 4.69) is 10.6 Å². The number of rotatable bonds is 6. The molecule has 0 radical (unpaired) electrons. The standard InChI is InChI=1S/C14H28N2O2/c1-11(10-17)12(2)16-13(18)9-14(15-3)7-5-4-6-8-14/h11-12,15,17H,4-10H2,1-3H3,(H,16,18). The van der Waals surface area contributed by atoms with E-state index in [0.29, 0.717) is 6.42 Å². The van der Waals surface area contributed by atoms with Gasteiger partial charge in [-0.3, -0.25) is 4.79 Å². The van der Waals surface area contributed by atoms with E-state index in [-0.39, 0.29) is 30.0 Å². The minimum Gasteiger partial charge on any atom is -0.396 e. The number of carbonyl (C=O) groups excluding carboxylic acids is 1. The average molecular weight is 256 g/mol. The van der Waals surface area contributed by atoms with Gasteiger partial charge >= 0.3 is 0 Å². The highest BCUT2D eigenvalue weighted by atomic mass is 16.3. The molecule has 18 heavy (non-hydrogen) atoms. The van der Waals surface area contributed by atoms with Crippen LogP contribution < -0.4 is 10.6 Å². The lowest BCUT2D eigenvalue weighted by molar-refractivity contribution is -0.123. The molecule has 0 heterocycles. The van der Waals surface area contributed by atoms with Crippen LogP contribution in [-0.4, -0.2) is 36.2 Å². The number of amides is 1. The Kier molecular flexibility index (Phi) is 6.09. The number of aliphatic hydroxyl groups excluding tert-OH is 1. The van der Waals surface area contributed by atoms with Crippen molar-refractivity contribution >= 4 is 5.91 Å². The van der Waals surface area contributed by atoms with E-state index in [1.54, 1.807) is 0 Å². The summed E-state index contributed by atoms with van der Waals surface area (Å²) in [4.78, 5) is 12.1. The normalized spacial score (nSPS) is 22.2. The van der Waals surface area contributed by atoms with Gasteiger partial charge in [0.15, 0.2) is 0 Å². The van der Waals surface area contributed by atoms with Crippen LogP contribution in [0.4, 0.5) is 0 Å². The molecule has 1 fully saturated rings. The number of nitrogens with one attached hydrogen (secondary N) is 2. The first-order chi connectivity index (χ1) is 8.53. The summed E-state index contributed by atoms with van der Waals surface area (Å²) in [5, 5.41) is 15.4. The second-order valence-electron chi connectivity index (χ2n) is 5.78. The minimum atomic E-state index is -0.00942. The predicted octanol–water partition coefficient (Wildman–Crippen LogP) is 1.43. The Bertz CT molecular complexity index is 263. The maximum Gasteiger partial charge on any atom is 0.222 e. The number of hydrogen-bond acceptors (Lipinski definition) is 3. The molecule has 1 amide bonds. The largest absolute Gasteiger partial charge is 0.396 e. The fourth-order valence-electron chi connectivity index (χ4n) is 2.66. The first-order valence-electron chi connectivity index (χ1n) is 7.12. The molecule has 1 aliphatic carbocycles. The predicted molar refractivity (Wildman–Crippen MR) is 73.3 cm³/mol. The van der Waals surface area contributed by atoms with Crippen molar-refractivity contribution in [2.24, 2.45) is 5.92 Å². The van der Waals surface area contributed by atoms with Gasteiger partial charge < -0.3 is 15.7 Å². The van der Waals surface area contributed by atoms with Gasteiger partial charge in [-0.05, 0) is 32.7 Å². The van der Waals surface area contributed by atoms with Crippen molar-refractivity contribution in [3.05, 3.63) is 0 Å². The van der Waals surface area contributed by atoms with E-state index in [9.17, 15) is 4.79 Å². The van der Waals surface area contributed by atoms with Crippen LogP contribution in [0, 0.1) is 5.92 Å². The van der Waals surface area contributed by atoms with Gasteiger partial charge in [0, 0.05) is 24.6 Å². The molecule has 0 aliphatic heterocycles. The summed E-state index contributed by atoms with van der Waals surface area (Å²) in [5.41, 5.74) is -0.00942. The highest BCUT2D eigenvalue weighted by Gasteiger charge is 2.33. The molecular weight excluding hydrogens is 228 g/mol. The molecule has 2 unspecified atom stereocenters. The fourth-order valence-corrected chi connectivity index (χ4v) is 2.66. The van der Waals surface area contributed by atoms with E-state index in [1.807, 2.05) is 20.9 Å². The molecule has 1 saturated carbocycles. The molecule has 4 heteroatoms. The summed E-state index contributed by atoms with van der Waals surface area (Å²) in [6.07, 6.45) is 6.41. The average Bonchev–Trinajstić information content (AvgIpc) is 2.38. The highest BCUT2D eigenvalue weighted by Crippen LogP contribution is 2.30. The molecule has 0 aromatic heterocycles. The van der Waals surface area contributed by atoms with Crippen LogP contribution in [0.25, 0.3) is 0 Å². The summed E-state index contributed by atoms with van der Waals surface area (Å²) >= 11 is 0. The molecule has 1 rings (SSSR count). The van der Waals surface area contributed by atoms with E-state index in [1.165, 1.54) is 19.3 Å². The maximum absolute atomic E-state index is 12.1. The minimum absolute atomic E-state index is 0.00942. The molecule has 3 N–H and O–H groups in total. The van der Waals surface area contributed by atoms with Crippen molar-refractivity contribution in [1.82, 2.24) is 10.6 Å². The van der Waals surface area contributed by atoms with Crippen molar-refractivity contribution < 1.29 is 9.90 Å². The summed E-state index contributed by atoms with van der Waals surface area (Å²) < 4.78 is 0. The second-order valence-corrected chi connectivity index (χ2v) is 5.78. The Hall–Kier alpha value is -0.610. The molecule has 4 nitrogen and oxygen atoms in total. The number of hydrogen-bond donors (Lipinski definition) is 3. The van der Waals surface area contributed by atoms with Gasteiger partial charge in [-0.25, -0.2) is 0 Å². The molecular formula is C14H28N2O2. The topological polar surface area (TPSA) is 61.4 Å². The summed E-state index contributed by atoms with van der Waals surface area (Å²) in [6.45, 7) is 4.00. The zero-order valence-electron chi connectivity index (χ0n) is 12.0. The van der Waals surface area contributed by atoms with E-state index in [0.717, 1.165) is 12.8 Å². The molecule has 0 aromatic rings. The van der Waals surface area contributed by atoms with Crippen molar-refractivity contribution in [3.63, 3.8) is 0 Å². The monoisotopic (exact) mass is 256 g/mol. The zero-order valence-corrected chi connectivity index (χ0v) is 12.0. The number of carbonyl (C=O) groups is 1. The molecule has 0 saturated heterocycles. The molecule has 1 aliphatic rings.